The molecule has 0 radical (unpaired) electrons. The highest BCUT2D eigenvalue weighted by Gasteiger charge is 2.14. The van der Waals surface area contributed by atoms with Crippen molar-refractivity contribution in [1.82, 2.24) is 15.5 Å². The van der Waals surface area contributed by atoms with E-state index in [1.165, 1.54) is 12.1 Å². The average molecular weight is 327 g/mol. The van der Waals surface area contributed by atoms with Crippen molar-refractivity contribution < 1.29 is 18.3 Å². The summed E-state index contributed by atoms with van der Waals surface area (Å²) in [6, 6.07) is 2.44. The molecule has 1 aromatic carbocycles. The predicted molar refractivity (Wildman–Crippen MR) is 83.2 cm³/mol. The third-order valence-corrected chi connectivity index (χ3v) is 3.82. The lowest BCUT2D eigenvalue weighted by Crippen LogP contribution is -2.40. The van der Waals surface area contributed by atoms with E-state index in [4.69, 9.17) is 4.74 Å². The zero-order chi connectivity index (χ0) is 16.7. The molecule has 23 heavy (non-hydrogen) atoms. The number of benzene rings is 1. The van der Waals surface area contributed by atoms with E-state index in [1.54, 1.807) is 6.92 Å². The minimum absolute atomic E-state index is 0.259. The Morgan fingerprint density at radius 2 is 2.09 bits per heavy atom. The van der Waals surface area contributed by atoms with Crippen molar-refractivity contribution in [3.8, 4) is 0 Å². The summed E-state index contributed by atoms with van der Waals surface area (Å²) < 4.78 is 31.8. The minimum atomic E-state index is -0.662. The van der Waals surface area contributed by atoms with Crippen LogP contribution in [0.5, 0.6) is 0 Å². The van der Waals surface area contributed by atoms with Gasteiger partial charge in [0.05, 0.1) is 19.3 Å². The number of nitrogens with zero attached hydrogens (tertiary/aromatic N) is 1. The Kier molecular flexibility index (Phi) is 6.73. The van der Waals surface area contributed by atoms with Gasteiger partial charge in [0.15, 0.2) is 0 Å². The zero-order valence-electron chi connectivity index (χ0n) is 13.3. The van der Waals surface area contributed by atoms with E-state index in [1.807, 2.05) is 0 Å². The quantitative estimate of drug-likeness (QED) is 0.786. The van der Waals surface area contributed by atoms with Gasteiger partial charge in [-0.25, -0.2) is 13.6 Å². The second-order valence-corrected chi connectivity index (χ2v) is 5.60. The van der Waals surface area contributed by atoms with Gasteiger partial charge >= 0.3 is 6.03 Å². The summed E-state index contributed by atoms with van der Waals surface area (Å²) in [6.07, 6.45) is 0.840. The molecular formula is C16H23F2N3O2. The van der Waals surface area contributed by atoms with Crippen molar-refractivity contribution in [3.05, 3.63) is 35.4 Å². The molecule has 1 aliphatic heterocycles. The first-order chi connectivity index (χ1) is 11.1. The smallest absolute Gasteiger partial charge is 0.315 e. The Hall–Kier alpha value is -1.73. The lowest BCUT2D eigenvalue weighted by Gasteiger charge is -2.26. The maximum absolute atomic E-state index is 13.6. The van der Waals surface area contributed by atoms with Crippen LogP contribution in [0.15, 0.2) is 18.2 Å². The second-order valence-electron chi connectivity index (χ2n) is 5.60. The first-order valence-corrected chi connectivity index (χ1v) is 7.85. The molecule has 0 unspecified atom stereocenters. The number of halogens is 2. The fourth-order valence-corrected chi connectivity index (χ4v) is 2.51. The van der Waals surface area contributed by atoms with E-state index in [2.05, 4.69) is 15.5 Å². The molecule has 1 atom stereocenters. The van der Waals surface area contributed by atoms with Crippen molar-refractivity contribution in [2.24, 2.45) is 0 Å². The average Bonchev–Trinajstić information content (AvgIpc) is 2.52. The maximum atomic E-state index is 13.6. The molecule has 0 spiro atoms. The van der Waals surface area contributed by atoms with E-state index in [0.717, 1.165) is 45.3 Å². The second kappa shape index (κ2) is 8.79. The third-order valence-electron chi connectivity index (χ3n) is 3.82. The molecule has 7 heteroatoms. The van der Waals surface area contributed by atoms with E-state index in [0.29, 0.717) is 6.54 Å². The molecule has 128 valence electrons. The SMILES string of the molecule is C[C@@H](NC(=O)NCCCN1CCOCC1)c1ccc(F)cc1F. The molecule has 0 aromatic heterocycles. The Morgan fingerprint density at radius 1 is 1.35 bits per heavy atom. The van der Waals surface area contributed by atoms with E-state index in [9.17, 15) is 13.6 Å². The van der Waals surface area contributed by atoms with Crippen molar-refractivity contribution >= 4 is 6.03 Å². The largest absolute Gasteiger partial charge is 0.379 e. The van der Waals surface area contributed by atoms with Crippen LogP contribution < -0.4 is 10.6 Å². The molecule has 0 aliphatic carbocycles. The number of hydrogen-bond donors (Lipinski definition) is 2. The number of carbonyl (C=O) groups excluding carboxylic acids is 1. The Bertz CT molecular complexity index is 522. The van der Waals surface area contributed by atoms with Crippen LogP contribution in [0.25, 0.3) is 0 Å². The molecule has 1 aromatic rings. The van der Waals surface area contributed by atoms with Gasteiger partial charge in [-0.05, 0) is 26.0 Å². The van der Waals surface area contributed by atoms with Gasteiger partial charge in [-0.15, -0.1) is 0 Å². The molecule has 2 rings (SSSR count). The number of hydrogen-bond acceptors (Lipinski definition) is 3. The normalized spacial score (nSPS) is 16.8. The standard InChI is InChI=1S/C16H23F2N3O2/c1-12(14-4-3-13(17)11-15(14)18)20-16(22)19-5-2-6-21-7-9-23-10-8-21/h3-4,11-12H,2,5-10H2,1H3,(H2,19,20,22)/t12-/m1/s1. The van der Waals surface area contributed by atoms with Crippen LogP contribution in [0.1, 0.15) is 24.9 Å². The Labute approximate surface area is 135 Å². The monoisotopic (exact) mass is 327 g/mol. The highest BCUT2D eigenvalue weighted by atomic mass is 19.1. The molecule has 1 fully saturated rings. The first kappa shape index (κ1) is 17.6. The summed E-state index contributed by atoms with van der Waals surface area (Å²) >= 11 is 0. The molecular weight excluding hydrogens is 304 g/mol. The van der Waals surface area contributed by atoms with Gasteiger partial charge < -0.3 is 15.4 Å². The predicted octanol–water partition coefficient (Wildman–Crippen LogP) is 2.05. The van der Waals surface area contributed by atoms with Gasteiger partial charge in [-0.1, -0.05) is 6.07 Å². The molecule has 1 heterocycles. The number of nitrogens with one attached hydrogen (secondary N) is 2. The van der Waals surface area contributed by atoms with Crippen LogP contribution in [0.2, 0.25) is 0 Å². The highest BCUT2D eigenvalue weighted by molar-refractivity contribution is 5.74. The molecule has 2 N–H and O–H groups in total. The van der Waals surface area contributed by atoms with Crippen LogP contribution in [0, 0.1) is 11.6 Å². The van der Waals surface area contributed by atoms with Crippen LogP contribution in [-0.4, -0.2) is 50.3 Å². The Balaban J connectivity index is 1.67. The van der Waals surface area contributed by atoms with Gasteiger partial charge in [0, 0.05) is 31.3 Å². The zero-order valence-corrected chi connectivity index (χ0v) is 13.3. The van der Waals surface area contributed by atoms with E-state index >= 15 is 0 Å². The number of ether oxygens (including phenoxy) is 1. The summed E-state index contributed by atoms with van der Waals surface area (Å²) in [5.74, 6) is -1.30. The summed E-state index contributed by atoms with van der Waals surface area (Å²) in [5.41, 5.74) is 0.259. The lowest BCUT2D eigenvalue weighted by molar-refractivity contribution is 0.0375. The van der Waals surface area contributed by atoms with Crippen LogP contribution >= 0.6 is 0 Å². The van der Waals surface area contributed by atoms with Crippen molar-refractivity contribution in [3.63, 3.8) is 0 Å². The lowest BCUT2D eigenvalue weighted by atomic mass is 10.1. The number of amides is 2. The molecule has 2 amide bonds. The van der Waals surface area contributed by atoms with Gasteiger partial charge in [-0.3, -0.25) is 4.90 Å². The third kappa shape index (κ3) is 5.76. The van der Waals surface area contributed by atoms with Gasteiger partial charge in [0.25, 0.3) is 0 Å². The summed E-state index contributed by atoms with van der Waals surface area (Å²) in [4.78, 5) is 14.1. The molecule has 1 saturated heterocycles. The summed E-state index contributed by atoms with van der Waals surface area (Å²) in [7, 11) is 0. The van der Waals surface area contributed by atoms with Crippen LogP contribution in [0.4, 0.5) is 13.6 Å². The topological polar surface area (TPSA) is 53.6 Å². The van der Waals surface area contributed by atoms with Crippen molar-refractivity contribution in [2.45, 2.75) is 19.4 Å². The number of morpholine rings is 1. The van der Waals surface area contributed by atoms with Gasteiger partial charge in [0.2, 0.25) is 0 Å². The molecule has 5 nitrogen and oxygen atoms in total. The number of carbonyl (C=O) groups is 1. The van der Waals surface area contributed by atoms with Crippen molar-refractivity contribution in [1.29, 1.82) is 0 Å². The van der Waals surface area contributed by atoms with Crippen molar-refractivity contribution in [2.75, 3.05) is 39.4 Å². The fourth-order valence-electron chi connectivity index (χ4n) is 2.51. The summed E-state index contributed by atoms with van der Waals surface area (Å²) in [5, 5.41) is 5.40. The van der Waals surface area contributed by atoms with E-state index < -0.39 is 17.7 Å². The molecule has 0 bridgehead atoms. The summed E-state index contributed by atoms with van der Waals surface area (Å²) in [6.45, 7) is 6.47. The van der Waals surface area contributed by atoms with Crippen LogP contribution in [-0.2, 0) is 4.74 Å². The first-order valence-electron chi connectivity index (χ1n) is 7.85. The molecule has 0 saturated carbocycles. The number of rotatable bonds is 6. The van der Waals surface area contributed by atoms with Gasteiger partial charge in [-0.2, -0.15) is 0 Å². The van der Waals surface area contributed by atoms with Gasteiger partial charge in [0.1, 0.15) is 11.6 Å². The Morgan fingerprint density at radius 3 is 2.78 bits per heavy atom. The van der Waals surface area contributed by atoms with Crippen LogP contribution in [0.3, 0.4) is 0 Å². The minimum Gasteiger partial charge on any atom is -0.379 e. The highest BCUT2D eigenvalue weighted by Crippen LogP contribution is 2.17. The molecule has 1 aliphatic rings. The maximum Gasteiger partial charge on any atom is 0.315 e. The van der Waals surface area contributed by atoms with E-state index in [-0.39, 0.29) is 11.6 Å². The fraction of sp³-hybridized carbons (Fsp3) is 0.562. The number of urea groups is 1.